The summed E-state index contributed by atoms with van der Waals surface area (Å²) in [6.07, 6.45) is 1.38. The third kappa shape index (κ3) is 2.48. The van der Waals surface area contributed by atoms with Gasteiger partial charge in [0.05, 0.1) is 6.10 Å². The van der Waals surface area contributed by atoms with E-state index in [2.05, 4.69) is 23.8 Å². The molecule has 0 radical (unpaired) electrons. The second kappa shape index (κ2) is 4.46. The van der Waals surface area contributed by atoms with Gasteiger partial charge in [0.1, 0.15) is 17.2 Å². The summed E-state index contributed by atoms with van der Waals surface area (Å²) in [6.45, 7) is 6.07. The maximum absolute atomic E-state index is 5.87. The lowest BCUT2D eigenvalue weighted by atomic mass is 10.1. The molecule has 0 aliphatic carbocycles. The molecule has 0 aliphatic heterocycles. The average Bonchev–Trinajstić information content (AvgIpc) is 2.12. The lowest BCUT2D eigenvalue weighted by Gasteiger charge is -2.17. The highest BCUT2D eigenvalue weighted by Crippen LogP contribution is 2.27. The van der Waals surface area contributed by atoms with Crippen LogP contribution >= 0.6 is 11.6 Å². The van der Waals surface area contributed by atoms with Gasteiger partial charge in [0, 0.05) is 0 Å². The standard InChI is InChI=1S/C9H14ClN3O/c1-5(2)6(3)14-9-7(10)8(11)12-4-13-9/h4-6H,1-3H3,(H2,11,12,13). The number of ether oxygens (including phenoxy) is 1. The normalized spacial score (nSPS) is 12.9. The fourth-order valence-electron chi connectivity index (χ4n) is 0.761. The molecular formula is C9H14ClN3O. The SMILES string of the molecule is CC(C)C(C)Oc1ncnc(N)c1Cl. The van der Waals surface area contributed by atoms with E-state index in [9.17, 15) is 0 Å². The molecule has 1 atom stereocenters. The highest BCUT2D eigenvalue weighted by atomic mass is 35.5. The Labute approximate surface area is 88.5 Å². The van der Waals surface area contributed by atoms with Crippen LogP contribution in [0.2, 0.25) is 5.02 Å². The Morgan fingerprint density at radius 1 is 1.36 bits per heavy atom. The van der Waals surface area contributed by atoms with Crippen molar-refractivity contribution in [1.82, 2.24) is 9.97 Å². The largest absolute Gasteiger partial charge is 0.473 e. The van der Waals surface area contributed by atoms with E-state index in [-0.39, 0.29) is 16.9 Å². The average molecular weight is 216 g/mol. The minimum absolute atomic E-state index is 0.0433. The topological polar surface area (TPSA) is 61.0 Å². The molecule has 0 saturated carbocycles. The number of rotatable bonds is 3. The first-order valence-corrected chi connectivity index (χ1v) is 4.82. The number of nitrogens with zero attached hydrogens (tertiary/aromatic N) is 2. The third-order valence-corrected chi connectivity index (χ3v) is 2.38. The highest BCUT2D eigenvalue weighted by Gasteiger charge is 2.13. The van der Waals surface area contributed by atoms with Crippen LogP contribution in [-0.2, 0) is 0 Å². The van der Waals surface area contributed by atoms with Crippen molar-refractivity contribution in [3.05, 3.63) is 11.3 Å². The molecule has 0 saturated heterocycles. The summed E-state index contributed by atoms with van der Waals surface area (Å²) >= 11 is 5.87. The molecule has 0 spiro atoms. The molecule has 1 unspecified atom stereocenters. The Bertz CT molecular complexity index is 317. The first-order valence-electron chi connectivity index (χ1n) is 4.45. The molecule has 2 N–H and O–H groups in total. The van der Waals surface area contributed by atoms with Crippen LogP contribution in [0.25, 0.3) is 0 Å². The van der Waals surface area contributed by atoms with E-state index in [1.165, 1.54) is 6.33 Å². The van der Waals surface area contributed by atoms with Gasteiger partial charge in [-0.1, -0.05) is 25.4 Å². The summed E-state index contributed by atoms with van der Waals surface area (Å²) in [4.78, 5) is 7.66. The van der Waals surface area contributed by atoms with Crippen molar-refractivity contribution in [1.29, 1.82) is 0 Å². The van der Waals surface area contributed by atoms with Gasteiger partial charge in [0.2, 0.25) is 5.88 Å². The molecule has 0 aliphatic rings. The van der Waals surface area contributed by atoms with Crippen molar-refractivity contribution in [2.75, 3.05) is 5.73 Å². The molecule has 1 rings (SSSR count). The van der Waals surface area contributed by atoms with E-state index in [1.54, 1.807) is 0 Å². The lowest BCUT2D eigenvalue weighted by molar-refractivity contribution is 0.163. The molecule has 4 nitrogen and oxygen atoms in total. The van der Waals surface area contributed by atoms with E-state index in [4.69, 9.17) is 22.1 Å². The van der Waals surface area contributed by atoms with Crippen molar-refractivity contribution in [3.63, 3.8) is 0 Å². The molecule has 1 aromatic heterocycles. The van der Waals surface area contributed by atoms with Crippen LogP contribution in [0.5, 0.6) is 5.88 Å². The summed E-state index contributed by atoms with van der Waals surface area (Å²) in [7, 11) is 0. The first kappa shape index (κ1) is 11.0. The van der Waals surface area contributed by atoms with Crippen LogP contribution < -0.4 is 10.5 Å². The van der Waals surface area contributed by atoms with Crippen LogP contribution in [-0.4, -0.2) is 16.1 Å². The van der Waals surface area contributed by atoms with Crippen molar-refractivity contribution < 1.29 is 4.74 Å². The van der Waals surface area contributed by atoms with E-state index >= 15 is 0 Å². The predicted molar refractivity (Wildman–Crippen MR) is 56.4 cm³/mol. The van der Waals surface area contributed by atoms with Gasteiger partial charge in [-0.05, 0) is 12.8 Å². The molecule has 78 valence electrons. The molecule has 0 bridgehead atoms. The molecule has 0 amide bonds. The van der Waals surface area contributed by atoms with Gasteiger partial charge in [-0.3, -0.25) is 0 Å². The monoisotopic (exact) mass is 215 g/mol. The van der Waals surface area contributed by atoms with Crippen LogP contribution in [0, 0.1) is 5.92 Å². The second-order valence-corrected chi connectivity index (χ2v) is 3.82. The number of hydrogen-bond acceptors (Lipinski definition) is 4. The van der Waals surface area contributed by atoms with Gasteiger partial charge in [-0.2, -0.15) is 0 Å². The third-order valence-electron chi connectivity index (χ3n) is 2.02. The smallest absolute Gasteiger partial charge is 0.238 e. The zero-order valence-electron chi connectivity index (χ0n) is 8.49. The summed E-state index contributed by atoms with van der Waals surface area (Å²) in [5.74, 6) is 0.982. The van der Waals surface area contributed by atoms with Gasteiger partial charge in [0.15, 0.2) is 0 Å². The molecule has 14 heavy (non-hydrogen) atoms. The Balaban J connectivity index is 2.82. The summed E-state index contributed by atoms with van der Waals surface area (Å²) < 4.78 is 5.52. The minimum atomic E-state index is 0.0433. The van der Waals surface area contributed by atoms with Crippen LogP contribution in [0.4, 0.5) is 5.82 Å². The number of anilines is 1. The molecule has 5 heteroatoms. The van der Waals surface area contributed by atoms with Crippen LogP contribution in [0.15, 0.2) is 6.33 Å². The number of nitrogen functional groups attached to an aromatic ring is 1. The maximum atomic E-state index is 5.87. The molecule has 0 aromatic carbocycles. The zero-order valence-corrected chi connectivity index (χ0v) is 9.25. The first-order chi connectivity index (χ1) is 6.52. The van der Waals surface area contributed by atoms with Gasteiger partial charge in [0.25, 0.3) is 0 Å². The van der Waals surface area contributed by atoms with Gasteiger partial charge in [-0.15, -0.1) is 0 Å². The van der Waals surface area contributed by atoms with Crippen LogP contribution in [0.1, 0.15) is 20.8 Å². The molecule has 1 heterocycles. The summed E-state index contributed by atoms with van der Waals surface area (Å²) in [6, 6.07) is 0. The van der Waals surface area contributed by atoms with Crippen molar-refractivity contribution in [3.8, 4) is 5.88 Å². The Morgan fingerprint density at radius 2 is 2.00 bits per heavy atom. The molecule has 1 aromatic rings. The van der Waals surface area contributed by atoms with Crippen molar-refractivity contribution in [2.24, 2.45) is 5.92 Å². The Kier molecular flexibility index (Phi) is 3.52. The van der Waals surface area contributed by atoms with Crippen molar-refractivity contribution >= 4 is 17.4 Å². The molecule has 0 fully saturated rings. The fourth-order valence-corrected chi connectivity index (χ4v) is 0.903. The highest BCUT2D eigenvalue weighted by molar-refractivity contribution is 6.33. The van der Waals surface area contributed by atoms with E-state index in [0.29, 0.717) is 11.8 Å². The number of nitrogens with two attached hydrogens (primary N) is 1. The van der Waals surface area contributed by atoms with Crippen molar-refractivity contribution in [2.45, 2.75) is 26.9 Å². The Hall–Kier alpha value is -1.03. The van der Waals surface area contributed by atoms with E-state index < -0.39 is 0 Å². The number of aromatic nitrogens is 2. The second-order valence-electron chi connectivity index (χ2n) is 3.45. The predicted octanol–water partition coefficient (Wildman–Crippen LogP) is 2.14. The summed E-state index contributed by atoms with van der Waals surface area (Å²) in [5.41, 5.74) is 5.51. The number of hydrogen-bond donors (Lipinski definition) is 1. The quantitative estimate of drug-likeness (QED) is 0.839. The van der Waals surface area contributed by atoms with E-state index in [1.807, 2.05) is 6.92 Å². The van der Waals surface area contributed by atoms with E-state index in [0.717, 1.165) is 0 Å². The fraction of sp³-hybridized carbons (Fsp3) is 0.556. The maximum Gasteiger partial charge on any atom is 0.238 e. The van der Waals surface area contributed by atoms with Gasteiger partial charge in [-0.25, -0.2) is 9.97 Å². The number of halogens is 1. The zero-order chi connectivity index (χ0) is 10.7. The minimum Gasteiger partial charge on any atom is -0.473 e. The van der Waals surface area contributed by atoms with Gasteiger partial charge < -0.3 is 10.5 Å². The molecular weight excluding hydrogens is 202 g/mol. The Morgan fingerprint density at radius 3 is 2.57 bits per heavy atom. The van der Waals surface area contributed by atoms with Crippen LogP contribution in [0.3, 0.4) is 0 Å². The lowest BCUT2D eigenvalue weighted by Crippen LogP contribution is -2.19. The van der Waals surface area contributed by atoms with Gasteiger partial charge >= 0.3 is 0 Å². The summed E-state index contributed by atoms with van der Waals surface area (Å²) in [5, 5.41) is 0.278.